The first kappa shape index (κ1) is 20.3. The van der Waals surface area contributed by atoms with E-state index in [1.807, 2.05) is 66.7 Å². The molecule has 8 nitrogen and oxygen atoms in total. The molecule has 0 unspecified atom stereocenters. The smallest absolute Gasteiger partial charge is 0.288 e. The predicted octanol–water partition coefficient (Wildman–Crippen LogP) is 3.14. The van der Waals surface area contributed by atoms with Gasteiger partial charge in [-0.3, -0.25) is 20.4 Å². The van der Waals surface area contributed by atoms with Gasteiger partial charge in [-0.05, 0) is 30.3 Å². The number of fused-ring (bicyclic) bond motifs is 1. The molecule has 2 N–H and O–H groups in total. The van der Waals surface area contributed by atoms with Gasteiger partial charge in [0.15, 0.2) is 11.5 Å². The summed E-state index contributed by atoms with van der Waals surface area (Å²) in [7, 11) is 0. The van der Waals surface area contributed by atoms with E-state index in [4.69, 9.17) is 9.47 Å². The summed E-state index contributed by atoms with van der Waals surface area (Å²) in [6.45, 7) is 0.0405. The van der Waals surface area contributed by atoms with Crippen molar-refractivity contribution in [1.82, 2.24) is 20.6 Å². The van der Waals surface area contributed by atoms with Gasteiger partial charge in [0.25, 0.3) is 11.8 Å². The second-order valence-electron chi connectivity index (χ2n) is 7.34. The number of para-hydroxylation sites is 3. The number of hydrogen-bond donors (Lipinski definition) is 2. The van der Waals surface area contributed by atoms with Crippen molar-refractivity contribution >= 4 is 11.8 Å². The molecule has 0 bridgehead atoms. The average molecular weight is 440 g/mol. The maximum atomic E-state index is 13.0. The Balaban J connectivity index is 1.34. The Morgan fingerprint density at radius 3 is 2.27 bits per heavy atom. The van der Waals surface area contributed by atoms with E-state index < -0.39 is 17.9 Å². The fraction of sp³-hybridized carbons (Fsp3) is 0.0800. The van der Waals surface area contributed by atoms with Gasteiger partial charge < -0.3 is 9.47 Å². The maximum Gasteiger partial charge on any atom is 0.288 e. The number of ether oxygens (including phenoxy) is 2. The maximum absolute atomic E-state index is 13.0. The lowest BCUT2D eigenvalue weighted by molar-refractivity contribution is -0.131. The van der Waals surface area contributed by atoms with Gasteiger partial charge in [-0.2, -0.15) is 5.10 Å². The van der Waals surface area contributed by atoms with Gasteiger partial charge in [-0.15, -0.1) is 0 Å². The van der Waals surface area contributed by atoms with Gasteiger partial charge in [-0.25, -0.2) is 4.68 Å². The zero-order chi connectivity index (χ0) is 22.6. The number of aromatic nitrogens is 2. The average Bonchev–Trinajstić information content (AvgIpc) is 3.33. The zero-order valence-electron chi connectivity index (χ0n) is 17.5. The number of amides is 2. The van der Waals surface area contributed by atoms with Crippen LogP contribution in [0.4, 0.5) is 0 Å². The highest BCUT2D eigenvalue weighted by atomic mass is 16.6. The van der Waals surface area contributed by atoms with E-state index in [1.165, 1.54) is 0 Å². The first-order chi connectivity index (χ1) is 16.2. The van der Waals surface area contributed by atoms with Crippen molar-refractivity contribution < 1.29 is 19.1 Å². The molecule has 0 saturated carbocycles. The number of rotatable bonds is 4. The molecule has 8 heteroatoms. The molecule has 5 rings (SSSR count). The van der Waals surface area contributed by atoms with Gasteiger partial charge in [0.2, 0.25) is 6.10 Å². The van der Waals surface area contributed by atoms with E-state index in [-0.39, 0.29) is 12.3 Å². The SMILES string of the molecule is O=C(NNC(=O)[C@@H]1COc2ccccc2O1)c1cc(-c2ccccc2)nn1-c1ccccc1. The first-order valence-electron chi connectivity index (χ1n) is 10.4. The lowest BCUT2D eigenvalue weighted by Gasteiger charge is -2.25. The minimum Gasteiger partial charge on any atom is -0.485 e. The molecule has 1 aliphatic rings. The van der Waals surface area contributed by atoms with Crippen molar-refractivity contribution in [3.05, 3.63) is 96.7 Å². The Morgan fingerprint density at radius 1 is 0.848 bits per heavy atom. The van der Waals surface area contributed by atoms with Crippen molar-refractivity contribution in [2.75, 3.05) is 6.61 Å². The van der Waals surface area contributed by atoms with Crippen molar-refractivity contribution in [3.63, 3.8) is 0 Å². The largest absolute Gasteiger partial charge is 0.485 e. The molecule has 1 aromatic heterocycles. The zero-order valence-corrected chi connectivity index (χ0v) is 17.5. The van der Waals surface area contributed by atoms with Crippen LogP contribution in [0.1, 0.15) is 10.5 Å². The molecule has 0 radical (unpaired) electrons. The van der Waals surface area contributed by atoms with Crippen LogP contribution in [0, 0.1) is 0 Å². The van der Waals surface area contributed by atoms with Gasteiger partial charge in [0.1, 0.15) is 12.3 Å². The molecule has 0 saturated heterocycles. The summed E-state index contributed by atoms with van der Waals surface area (Å²) in [4.78, 5) is 25.6. The lowest BCUT2D eigenvalue weighted by Crippen LogP contribution is -2.51. The molecule has 0 fully saturated rings. The van der Waals surface area contributed by atoms with E-state index in [0.29, 0.717) is 17.2 Å². The number of hydrogen-bond acceptors (Lipinski definition) is 5. The number of nitrogens with zero attached hydrogens (tertiary/aromatic N) is 2. The van der Waals surface area contributed by atoms with E-state index >= 15 is 0 Å². The summed E-state index contributed by atoms with van der Waals surface area (Å²) in [6.07, 6.45) is -0.890. The number of carbonyl (C=O) groups excluding carboxylic acids is 2. The molecule has 2 heterocycles. The third-order valence-corrected chi connectivity index (χ3v) is 5.11. The first-order valence-corrected chi connectivity index (χ1v) is 10.4. The van der Waals surface area contributed by atoms with Crippen molar-refractivity contribution in [2.24, 2.45) is 0 Å². The molecule has 3 aromatic carbocycles. The highest BCUT2D eigenvalue weighted by molar-refractivity contribution is 5.96. The Hall–Kier alpha value is -4.59. The summed E-state index contributed by atoms with van der Waals surface area (Å²) < 4.78 is 12.8. The molecular formula is C25H20N4O4. The second-order valence-corrected chi connectivity index (χ2v) is 7.34. The van der Waals surface area contributed by atoms with Crippen molar-refractivity contribution in [1.29, 1.82) is 0 Å². The molecular weight excluding hydrogens is 420 g/mol. The minimum absolute atomic E-state index is 0.0405. The van der Waals surface area contributed by atoms with Crippen LogP contribution in [0.5, 0.6) is 11.5 Å². The Labute approximate surface area is 189 Å². The van der Waals surface area contributed by atoms with Crippen LogP contribution >= 0.6 is 0 Å². The monoisotopic (exact) mass is 440 g/mol. The molecule has 0 aliphatic carbocycles. The Bertz CT molecular complexity index is 1290. The molecule has 33 heavy (non-hydrogen) atoms. The van der Waals surface area contributed by atoms with Crippen LogP contribution in [0.15, 0.2) is 91.0 Å². The number of carbonyl (C=O) groups is 2. The van der Waals surface area contributed by atoms with Crippen LogP contribution in [0.2, 0.25) is 0 Å². The minimum atomic E-state index is -0.890. The predicted molar refractivity (Wildman–Crippen MR) is 121 cm³/mol. The summed E-state index contributed by atoms with van der Waals surface area (Å²) in [5.41, 5.74) is 7.38. The van der Waals surface area contributed by atoms with Crippen LogP contribution in [-0.4, -0.2) is 34.3 Å². The summed E-state index contributed by atoms with van der Waals surface area (Å²) in [6, 6.07) is 27.6. The molecule has 164 valence electrons. The van der Waals surface area contributed by atoms with Gasteiger partial charge in [-0.1, -0.05) is 60.7 Å². The Kier molecular flexibility index (Phi) is 5.47. The summed E-state index contributed by atoms with van der Waals surface area (Å²) in [5, 5.41) is 4.61. The van der Waals surface area contributed by atoms with E-state index in [1.54, 1.807) is 28.9 Å². The highest BCUT2D eigenvalue weighted by Crippen LogP contribution is 2.30. The molecule has 1 aliphatic heterocycles. The van der Waals surface area contributed by atoms with Crippen LogP contribution in [0.3, 0.4) is 0 Å². The van der Waals surface area contributed by atoms with Crippen LogP contribution in [-0.2, 0) is 4.79 Å². The van der Waals surface area contributed by atoms with Gasteiger partial charge in [0, 0.05) is 5.56 Å². The van der Waals surface area contributed by atoms with Crippen LogP contribution in [0.25, 0.3) is 16.9 Å². The number of hydrazine groups is 1. The lowest BCUT2D eigenvalue weighted by atomic mass is 10.1. The van der Waals surface area contributed by atoms with Crippen molar-refractivity contribution in [2.45, 2.75) is 6.10 Å². The van der Waals surface area contributed by atoms with E-state index in [9.17, 15) is 9.59 Å². The number of nitrogens with one attached hydrogen (secondary N) is 2. The molecule has 2 amide bonds. The quantitative estimate of drug-likeness (QED) is 0.476. The fourth-order valence-electron chi connectivity index (χ4n) is 3.47. The van der Waals surface area contributed by atoms with E-state index in [0.717, 1.165) is 11.3 Å². The van der Waals surface area contributed by atoms with Crippen LogP contribution < -0.4 is 20.3 Å². The fourth-order valence-corrected chi connectivity index (χ4v) is 3.47. The molecule has 0 spiro atoms. The summed E-state index contributed by atoms with van der Waals surface area (Å²) >= 11 is 0. The highest BCUT2D eigenvalue weighted by Gasteiger charge is 2.28. The van der Waals surface area contributed by atoms with Gasteiger partial charge >= 0.3 is 0 Å². The van der Waals surface area contributed by atoms with Gasteiger partial charge in [0.05, 0.1) is 11.4 Å². The standard InChI is InChI=1S/C25H20N4O4/c30-24(26-27-25(31)23-16-32-21-13-7-8-14-22(21)33-23)20-15-19(17-9-3-1-4-10-17)28-29(20)18-11-5-2-6-12-18/h1-15,23H,16H2,(H,26,30)(H,27,31)/t23-/m0/s1. The molecule has 4 aromatic rings. The number of benzene rings is 3. The Morgan fingerprint density at radius 2 is 1.52 bits per heavy atom. The summed E-state index contributed by atoms with van der Waals surface area (Å²) in [5.74, 6) is 0.0154. The second kappa shape index (κ2) is 8.88. The van der Waals surface area contributed by atoms with Crippen molar-refractivity contribution in [3.8, 4) is 28.4 Å². The normalized spacial score (nSPS) is 14.4. The van der Waals surface area contributed by atoms with E-state index in [2.05, 4.69) is 16.0 Å². The third-order valence-electron chi connectivity index (χ3n) is 5.11. The topological polar surface area (TPSA) is 94.5 Å². The third kappa shape index (κ3) is 4.27. The molecule has 1 atom stereocenters.